The van der Waals surface area contributed by atoms with Crippen molar-refractivity contribution in [3.63, 3.8) is 0 Å². The number of hydrogen-bond acceptors (Lipinski definition) is 7. The standard InChI is InChI=1S/C22H27NO6S2/c1-14(24)29-18-10-6-5-9-16(18)20-23(17(13-31-20)21(26)27)19(25)11-12-30-22(28)15-7-3-2-4-8-15/h2-4,7-8,16-18,20H,5-6,9-13H2,1H3,(H,26,27)/t16?,17-,18?,20?/m0/s1. The van der Waals surface area contributed by atoms with Gasteiger partial charge in [-0.05, 0) is 19.3 Å². The number of amides is 1. The van der Waals surface area contributed by atoms with E-state index in [1.54, 1.807) is 24.3 Å². The second kappa shape index (κ2) is 11.0. The van der Waals surface area contributed by atoms with Crippen LogP contribution in [-0.4, -0.2) is 62.0 Å². The second-order valence-electron chi connectivity index (χ2n) is 7.73. The summed E-state index contributed by atoms with van der Waals surface area (Å²) >= 11 is 2.51. The number of thioether (sulfide) groups is 2. The minimum Gasteiger partial charge on any atom is -0.480 e. The fourth-order valence-corrected chi connectivity index (χ4v) is 6.62. The zero-order valence-corrected chi connectivity index (χ0v) is 19.0. The normalized spacial score (nSPS) is 25.8. The van der Waals surface area contributed by atoms with Crippen molar-refractivity contribution >= 4 is 46.5 Å². The number of aliphatic carboxylic acids is 1. The van der Waals surface area contributed by atoms with Crippen LogP contribution in [0.25, 0.3) is 0 Å². The Hall–Kier alpha value is -2.00. The number of carbonyl (C=O) groups is 4. The summed E-state index contributed by atoms with van der Waals surface area (Å²) in [6, 6.07) is 7.94. The number of hydrogen-bond donors (Lipinski definition) is 1. The topological polar surface area (TPSA) is 101 Å². The second-order valence-corrected chi connectivity index (χ2v) is 9.94. The summed E-state index contributed by atoms with van der Waals surface area (Å²) < 4.78 is 5.52. The molecule has 3 unspecified atom stereocenters. The van der Waals surface area contributed by atoms with Gasteiger partial charge in [0.15, 0.2) is 0 Å². The Morgan fingerprint density at radius 2 is 1.87 bits per heavy atom. The van der Waals surface area contributed by atoms with E-state index in [1.165, 1.54) is 23.6 Å². The highest BCUT2D eigenvalue weighted by atomic mass is 32.2. The van der Waals surface area contributed by atoms with Crippen LogP contribution in [0.3, 0.4) is 0 Å². The molecule has 168 valence electrons. The van der Waals surface area contributed by atoms with E-state index in [0.29, 0.717) is 11.3 Å². The Morgan fingerprint density at radius 3 is 2.55 bits per heavy atom. The van der Waals surface area contributed by atoms with E-state index in [9.17, 15) is 24.3 Å². The van der Waals surface area contributed by atoms with E-state index >= 15 is 0 Å². The van der Waals surface area contributed by atoms with E-state index in [2.05, 4.69) is 0 Å². The number of rotatable bonds is 7. The number of carboxylic acid groups (broad SMARTS) is 1. The lowest BCUT2D eigenvalue weighted by molar-refractivity contribution is -0.155. The van der Waals surface area contributed by atoms with Gasteiger partial charge >= 0.3 is 11.9 Å². The lowest BCUT2D eigenvalue weighted by Gasteiger charge is -2.39. The van der Waals surface area contributed by atoms with Gasteiger partial charge in [0.05, 0.1) is 5.37 Å². The summed E-state index contributed by atoms with van der Waals surface area (Å²) in [5.74, 6) is -1.16. The van der Waals surface area contributed by atoms with Crippen LogP contribution < -0.4 is 0 Å². The highest BCUT2D eigenvalue weighted by Crippen LogP contribution is 2.42. The van der Waals surface area contributed by atoms with Crippen LogP contribution in [0.15, 0.2) is 30.3 Å². The summed E-state index contributed by atoms with van der Waals surface area (Å²) in [7, 11) is 0. The molecule has 31 heavy (non-hydrogen) atoms. The molecule has 0 spiro atoms. The number of nitrogens with zero attached hydrogens (tertiary/aromatic N) is 1. The molecule has 9 heteroatoms. The van der Waals surface area contributed by atoms with Crippen LogP contribution in [0, 0.1) is 5.92 Å². The van der Waals surface area contributed by atoms with Gasteiger partial charge in [-0.2, -0.15) is 0 Å². The fourth-order valence-electron chi connectivity index (χ4n) is 4.19. The zero-order valence-electron chi connectivity index (χ0n) is 17.4. The van der Waals surface area contributed by atoms with Crippen LogP contribution in [0.1, 0.15) is 49.4 Å². The maximum Gasteiger partial charge on any atom is 0.327 e. The summed E-state index contributed by atoms with van der Waals surface area (Å²) in [6.45, 7) is 1.37. The van der Waals surface area contributed by atoms with Gasteiger partial charge < -0.3 is 14.7 Å². The number of carbonyl (C=O) groups excluding carboxylic acids is 3. The molecule has 1 heterocycles. The van der Waals surface area contributed by atoms with Gasteiger partial charge in [-0.25, -0.2) is 4.79 Å². The molecule has 1 aliphatic heterocycles. The van der Waals surface area contributed by atoms with Crippen molar-refractivity contribution < 1.29 is 29.0 Å². The third kappa shape index (κ3) is 6.04. The Balaban J connectivity index is 1.67. The van der Waals surface area contributed by atoms with Crippen molar-refractivity contribution in [2.45, 2.75) is 56.5 Å². The molecule has 0 aromatic heterocycles. The molecule has 1 N–H and O–H groups in total. The summed E-state index contributed by atoms with van der Waals surface area (Å²) in [4.78, 5) is 50.2. The summed E-state index contributed by atoms with van der Waals surface area (Å²) in [6.07, 6.45) is 3.19. The number of benzene rings is 1. The first-order valence-corrected chi connectivity index (χ1v) is 12.5. The molecule has 0 bridgehead atoms. The monoisotopic (exact) mass is 465 g/mol. The van der Waals surface area contributed by atoms with Crippen LogP contribution in [0.4, 0.5) is 0 Å². The molecule has 1 aliphatic carbocycles. The number of carboxylic acids is 1. The summed E-state index contributed by atoms with van der Waals surface area (Å²) in [5, 5.41) is 9.22. The third-order valence-electron chi connectivity index (χ3n) is 5.60. The molecule has 0 radical (unpaired) electrons. The quantitative estimate of drug-likeness (QED) is 0.611. The van der Waals surface area contributed by atoms with Gasteiger partial charge in [0.2, 0.25) is 11.0 Å². The SMILES string of the molecule is CC(=O)OC1CCCCC1C1SC[C@@H](C(=O)O)N1C(=O)CCSC(=O)c1ccccc1. The van der Waals surface area contributed by atoms with Gasteiger partial charge in [0, 0.05) is 36.3 Å². The van der Waals surface area contributed by atoms with Crippen LogP contribution in [0.5, 0.6) is 0 Å². The largest absolute Gasteiger partial charge is 0.480 e. The van der Waals surface area contributed by atoms with Gasteiger partial charge in [-0.3, -0.25) is 14.4 Å². The Kier molecular flexibility index (Phi) is 8.43. The van der Waals surface area contributed by atoms with Crippen molar-refractivity contribution in [1.29, 1.82) is 0 Å². The molecule has 1 aromatic rings. The third-order valence-corrected chi connectivity index (χ3v) is 7.94. The molecule has 1 aromatic carbocycles. The molecule has 1 saturated heterocycles. The van der Waals surface area contributed by atoms with E-state index < -0.39 is 12.0 Å². The van der Waals surface area contributed by atoms with Gasteiger partial charge in [-0.1, -0.05) is 48.5 Å². The molecule has 3 rings (SSSR count). The highest BCUT2D eigenvalue weighted by molar-refractivity contribution is 8.14. The Morgan fingerprint density at radius 1 is 1.16 bits per heavy atom. The Labute approximate surface area is 190 Å². The van der Waals surface area contributed by atoms with E-state index in [-0.39, 0.29) is 46.6 Å². The molecule has 4 atom stereocenters. The van der Waals surface area contributed by atoms with Crippen molar-refractivity contribution in [2.24, 2.45) is 5.92 Å². The average Bonchev–Trinajstić information content (AvgIpc) is 3.19. The first-order chi connectivity index (χ1) is 14.9. The maximum atomic E-state index is 13.1. The first-order valence-electron chi connectivity index (χ1n) is 10.4. The van der Waals surface area contributed by atoms with Crippen LogP contribution >= 0.6 is 23.5 Å². The minimum atomic E-state index is -1.03. The molecule has 1 amide bonds. The average molecular weight is 466 g/mol. The van der Waals surface area contributed by atoms with Crippen molar-refractivity contribution in [3.05, 3.63) is 35.9 Å². The van der Waals surface area contributed by atoms with E-state index in [0.717, 1.165) is 37.4 Å². The minimum absolute atomic E-state index is 0.0784. The Bertz CT molecular complexity index is 817. The highest BCUT2D eigenvalue weighted by Gasteiger charge is 2.47. The summed E-state index contributed by atoms with van der Waals surface area (Å²) in [5.41, 5.74) is 0.574. The fraction of sp³-hybridized carbons (Fsp3) is 0.545. The van der Waals surface area contributed by atoms with Gasteiger partial charge in [-0.15, -0.1) is 11.8 Å². The predicted octanol–water partition coefficient (Wildman–Crippen LogP) is 3.43. The number of esters is 1. The molecular weight excluding hydrogens is 438 g/mol. The van der Waals surface area contributed by atoms with Crippen LogP contribution in [-0.2, 0) is 19.1 Å². The lowest BCUT2D eigenvalue weighted by atomic mass is 9.85. The molecule has 2 fully saturated rings. The van der Waals surface area contributed by atoms with Crippen molar-refractivity contribution in [1.82, 2.24) is 4.90 Å². The molecule has 1 saturated carbocycles. The lowest BCUT2D eigenvalue weighted by Crippen LogP contribution is -2.51. The smallest absolute Gasteiger partial charge is 0.327 e. The maximum absolute atomic E-state index is 13.1. The van der Waals surface area contributed by atoms with Gasteiger partial charge in [0.25, 0.3) is 0 Å². The first kappa shape index (κ1) is 23.7. The van der Waals surface area contributed by atoms with Gasteiger partial charge in [0.1, 0.15) is 12.1 Å². The molecule has 7 nitrogen and oxygen atoms in total. The predicted molar refractivity (Wildman–Crippen MR) is 120 cm³/mol. The van der Waals surface area contributed by atoms with Crippen molar-refractivity contribution in [2.75, 3.05) is 11.5 Å². The zero-order chi connectivity index (χ0) is 22.4. The van der Waals surface area contributed by atoms with E-state index in [1.807, 2.05) is 6.07 Å². The van der Waals surface area contributed by atoms with E-state index in [4.69, 9.17) is 4.74 Å². The molecular formula is C22H27NO6S2. The molecule has 2 aliphatic rings. The van der Waals surface area contributed by atoms with Crippen LogP contribution in [0.2, 0.25) is 0 Å². The number of ether oxygens (including phenoxy) is 1. The van der Waals surface area contributed by atoms with Crippen molar-refractivity contribution in [3.8, 4) is 0 Å².